The van der Waals surface area contributed by atoms with Gasteiger partial charge in [0.05, 0.1) is 12.1 Å². The van der Waals surface area contributed by atoms with E-state index in [0.29, 0.717) is 6.54 Å². The van der Waals surface area contributed by atoms with Crippen molar-refractivity contribution in [3.63, 3.8) is 0 Å². The van der Waals surface area contributed by atoms with E-state index in [9.17, 15) is 5.11 Å². The monoisotopic (exact) mass is 202 g/mol. The summed E-state index contributed by atoms with van der Waals surface area (Å²) >= 11 is 0. The van der Waals surface area contributed by atoms with Crippen LogP contribution in [0.5, 0.6) is 5.75 Å². The molecule has 1 aromatic rings. The number of aliphatic imine (C=N–C) groups is 1. The van der Waals surface area contributed by atoms with Gasteiger partial charge in [0.1, 0.15) is 11.6 Å². The van der Waals surface area contributed by atoms with Crippen molar-refractivity contribution in [3.05, 3.63) is 41.1 Å². The van der Waals surface area contributed by atoms with Crippen LogP contribution >= 0.6 is 0 Å². The second kappa shape index (κ2) is 3.77. The molecule has 1 aromatic carbocycles. The molecule has 2 rings (SSSR count). The number of rotatable bonds is 1. The third-order valence-electron chi connectivity index (χ3n) is 2.44. The Morgan fingerprint density at radius 3 is 2.93 bits per heavy atom. The van der Waals surface area contributed by atoms with Gasteiger partial charge >= 0.3 is 0 Å². The minimum absolute atomic E-state index is 0.268. The van der Waals surface area contributed by atoms with Crippen LogP contribution in [-0.2, 0) is 0 Å². The fourth-order valence-electron chi connectivity index (χ4n) is 1.55. The van der Waals surface area contributed by atoms with Crippen molar-refractivity contribution in [2.24, 2.45) is 4.99 Å². The Kier molecular flexibility index (Phi) is 2.46. The van der Waals surface area contributed by atoms with Crippen LogP contribution in [0.15, 0.2) is 35.0 Å². The molecule has 0 aromatic heterocycles. The molecule has 1 heterocycles. The summed E-state index contributed by atoms with van der Waals surface area (Å²) in [6.07, 6.45) is 1.99. The van der Waals surface area contributed by atoms with E-state index in [0.717, 1.165) is 22.7 Å². The molecule has 1 aliphatic rings. The first-order valence-electron chi connectivity index (χ1n) is 4.97. The van der Waals surface area contributed by atoms with Crippen molar-refractivity contribution in [1.82, 2.24) is 5.32 Å². The summed E-state index contributed by atoms with van der Waals surface area (Å²) in [6, 6.07) is 5.51. The first-order valence-corrected chi connectivity index (χ1v) is 4.97. The summed E-state index contributed by atoms with van der Waals surface area (Å²) in [7, 11) is 0. The van der Waals surface area contributed by atoms with E-state index in [-0.39, 0.29) is 5.75 Å². The molecule has 15 heavy (non-hydrogen) atoms. The van der Waals surface area contributed by atoms with Crippen molar-refractivity contribution in [2.75, 3.05) is 6.54 Å². The molecule has 0 saturated carbocycles. The number of aromatic hydroxyl groups is 1. The molecule has 0 unspecified atom stereocenters. The molecule has 2 N–H and O–H groups in total. The molecule has 0 saturated heterocycles. The zero-order chi connectivity index (χ0) is 10.8. The molecule has 0 amide bonds. The van der Waals surface area contributed by atoms with Crippen LogP contribution in [0.4, 0.5) is 0 Å². The number of aryl methyl sites for hydroxylation is 1. The highest BCUT2D eigenvalue weighted by atomic mass is 16.3. The van der Waals surface area contributed by atoms with E-state index in [4.69, 9.17) is 0 Å². The molecule has 0 aliphatic carbocycles. The maximum absolute atomic E-state index is 9.71. The Bertz CT molecular complexity index is 447. The van der Waals surface area contributed by atoms with E-state index in [1.165, 1.54) is 0 Å². The van der Waals surface area contributed by atoms with Crippen molar-refractivity contribution in [1.29, 1.82) is 0 Å². The number of benzene rings is 1. The Labute approximate surface area is 89.2 Å². The number of hydrogen-bond donors (Lipinski definition) is 2. The van der Waals surface area contributed by atoms with E-state index < -0.39 is 0 Å². The van der Waals surface area contributed by atoms with Crippen LogP contribution in [0.25, 0.3) is 0 Å². The zero-order valence-corrected chi connectivity index (χ0v) is 8.91. The molecule has 3 nitrogen and oxygen atoms in total. The van der Waals surface area contributed by atoms with Gasteiger partial charge < -0.3 is 10.4 Å². The highest BCUT2D eigenvalue weighted by Gasteiger charge is 2.14. The summed E-state index contributed by atoms with van der Waals surface area (Å²) in [5.74, 6) is 1.02. The maximum atomic E-state index is 9.71. The summed E-state index contributed by atoms with van der Waals surface area (Å²) < 4.78 is 0. The number of amidine groups is 1. The van der Waals surface area contributed by atoms with E-state index in [1.807, 2.05) is 32.1 Å². The van der Waals surface area contributed by atoms with Crippen molar-refractivity contribution in [2.45, 2.75) is 13.8 Å². The zero-order valence-electron chi connectivity index (χ0n) is 8.91. The molecule has 78 valence electrons. The molecule has 0 spiro atoms. The van der Waals surface area contributed by atoms with Crippen molar-refractivity contribution in [3.8, 4) is 5.75 Å². The van der Waals surface area contributed by atoms with Gasteiger partial charge in [0.25, 0.3) is 0 Å². The standard InChI is InChI=1S/C12H14N2O/c1-3-9-7-13-12(14-9)10-6-8(2)4-5-11(10)15/h3-6,15H,7H2,1-2H3,(H,13,14)/b9-3+. The van der Waals surface area contributed by atoms with Crippen LogP contribution in [0, 0.1) is 6.92 Å². The molecule has 0 atom stereocenters. The number of allylic oxidation sites excluding steroid dienone is 1. The smallest absolute Gasteiger partial charge is 0.136 e. The molecule has 0 fully saturated rings. The molecular formula is C12H14N2O. The summed E-state index contributed by atoms with van der Waals surface area (Å²) in [6.45, 7) is 4.63. The highest BCUT2D eigenvalue weighted by molar-refractivity contribution is 6.03. The van der Waals surface area contributed by atoms with Crippen LogP contribution < -0.4 is 5.32 Å². The Morgan fingerprint density at radius 2 is 2.27 bits per heavy atom. The number of nitrogens with zero attached hydrogens (tertiary/aromatic N) is 1. The number of phenols is 1. The van der Waals surface area contributed by atoms with Crippen LogP contribution in [-0.4, -0.2) is 17.5 Å². The average molecular weight is 202 g/mol. The largest absolute Gasteiger partial charge is 0.507 e. The van der Waals surface area contributed by atoms with Crippen LogP contribution in [0.2, 0.25) is 0 Å². The molecular weight excluding hydrogens is 188 g/mol. The quantitative estimate of drug-likeness (QED) is 0.731. The first-order chi connectivity index (χ1) is 7.20. The minimum atomic E-state index is 0.268. The normalized spacial score (nSPS) is 17.7. The Morgan fingerprint density at radius 1 is 1.47 bits per heavy atom. The van der Waals surface area contributed by atoms with Gasteiger partial charge in [-0.15, -0.1) is 0 Å². The lowest BCUT2D eigenvalue weighted by Gasteiger charge is -2.06. The number of nitrogens with one attached hydrogen (secondary N) is 1. The van der Waals surface area contributed by atoms with E-state index in [1.54, 1.807) is 6.07 Å². The predicted molar refractivity (Wildman–Crippen MR) is 61.1 cm³/mol. The van der Waals surface area contributed by atoms with Gasteiger partial charge in [0.2, 0.25) is 0 Å². The topological polar surface area (TPSA) is 44.6 Å². The fourth-order valence-corrected chi connectivity index (χ4v) is 1.55. The van der Waals surface area contributed by atoms with Crippen LogP contribution in [0.1, 0.15) is 18.1 Å². The molecule has 0 radical (unpaired) electrons. The van der Waals surface area contributed by atoms with Crippen molar-refractivity contribution < 1.29 is 5.11 Å². The van der Waals surface area contributed by atoms with E-state index >= 15 is 0 Å². The maximum Gasteiger partial charge on any atom is 0.136 e. The predicted octanol–water partition coefficient (Wildman–Crippen LogP) is 1.95. The SMILES string of the molecule is C/C=C1\CN=C(c2cc(C)ccc2O)N1. The fraction of sp³-hybridized carbons (Fsp3) is 0.250. The third-order valence-corrected chi connectivity index (χ3v) is 2.44. The number of hydrogen-bond acceptors (Lipinski definition) is 3. The molecule has 0 bridgehead atoms. The lowest BCUT2D eigenvalue weighted by atomic mass is 10.1. The lowest BCUT2D eigenvalue weighted by Crippen LogP contribution is -2.18. The summed E-state index contributed by atoms with van der Waals surface area (Å²) in [4.78, 5) is 4.34. The van der Waals surface area contributed by atoms with Gasteiger partial charge in [-0.3, -0.25) is 4.99 Å². The average Bonchev–Trinajstić information content (AvgIpc) is 2.70. The second-order valence-corrected chi connectivity index (χ2v) is 3.62. The second-order valence-electron chi connectivity index (χ2n) is 3.62. The highest BCUT2D eigenvalue weighted by Crippen LogP contribution is 2.20. The first kappa shape index (κ1) is 9.77. The molecule has 1 aliphatic heterocycles. The lowest BCUT2D eigenvalue weighted by molar-refractivity contribution is 0.474. The Hall–Kier alpha value is -1.77. The van der Waals surface area contributed by atoms with Gasteiger partial charge in [-0.25, -0.2) is 0 Å². The number of phenolic OH excluding ortho intramolecular Hbond substituents is 1. The van der Waals surface area contributed by atoms with Gasteiger partial charge in [0.15, 0.2) is 0 Å². The van der Waals surface area contributed by atoms with Gasteiger partial charge in [0, 0.05) is 5.70 Å². The van der Waals surface area contributed by atoms with Gasteiger partial charge in [-0.05, 0) is 26.0 Å². The molecule has 3 heteroatoms. The van der Waals surface area contributed by atoms with Gasteiger partial charge in [-0.2, -0.15) is 0 Å². The third kappa shape index (κ3) is 1.86. The summed E-state index contributed by atoms with van der Waals surface area (Å²) in [5, 5.41) is 12.9. The van der Waals surface area contributed by atoms with Crippen molar-refractivity contribution >= 4 is 5.84 Å². The van der Waals surface area contributed by atoms with Crippen LogP contribution in [0.3, 0.4) is 0 Å². The summed E-state index contributed by atoms with van der Waals surface area (Å²) in [5.41, 5.74) is 2.96. The van der Waals surface area contributed by atoms with Gasteiger partial charge in [-0.1, -0.05) is 17.7 Å². The Balaban J connectivity index is 2.35. The van der Waals surface area contributed by atoms with E-state index in [2.05, 4.69) is 10.3 Å². The minimum Gasteiger partial charge on any atom is -0.507 e.